The van der Waals surface area contributed by atoms with E-state index in [4.69, 9.17) is 4.74 Å². The Labute approximate surface area is 198 Å². The van der Waals surface area contributed by atoms with Crippen molar-refractivity contribution >= 4 is 27.5 Å². The number of amides is 1. The van der Waals surface area contributed by atoms with Crippen LogP contribution in [-0.4, -0.2) is 72.9 Å². The molecule has 10 heteroatoms. The molecule has 1 saturated heterocycles. The number of phenols is 1. The van der Waals surface area contributed by atoms with Crippen molar-refractivity contribution in [3.05, 3.63) is 65.2 Å². The first-order valence-corrected chi connectivity index (χ1v) is 12.3. The molecule has 1 aliphatic rings. The Morgan fingerprint density at radius 1 is 1.03 bits per heavy atom. The summed E-state index contributed by atoms with van der Waals surface area (Å²) in [6, 6.07) is 10.6. The quantitative estimate of drug-likeness (QED) is 0.316. The third-order valence-corrected chi connectivity index (χ3v) is 7.82. The maximum absolute atomic E-state index is 12.9. The fraction of sp³-hybridized carbons (Fsp3) is 0.333. The van der Waals surface area contributed by atoms with Crippen LogP contribution in [-0.2, 0) is 24.3 Å². The minimum Gasteiger partial charge on any atom is -0.508 e. The van der Waals surface area contributed by atoms with E-state index in [0.717, 1.165) is 0 Å². The molecule has 1 heterocycles. The standard InChI is InChI=1S/C24H28N2O7S/c1-4-25(5-2)34(31,32)19-12-8-17(9-13-19)22(28)20-21(16-6-10-18(27)11-7-16)26(14-15-33-3)24(30)23(20)29/h6-13,21,27-28H,4-5,14-15H2,1-3H3/b22-20+. The summed E-state index contributed by atoms with van der Waals surface area (Å²) in [5.74, 6) is -2.03. The number of nitrogens with zero attached hydrogens (tertiary/aromatic N) is 2. The van der Waals surface area contributed by atoms with E-state index < -0.39 is 33.5 Å². The number of hydrogen-bond acceptors (Lipinski definition) is 7. The van der Waals surface area contributed by atoms with Crippen LogP contribution in [0.4, 0.5) is 0 Å². The van der Waals surface area contributed by atoms with Gasteiger partial charge in [0, 0.05) is 32.3 Å². The second kappa shape index (κ2) is 10.4. The number of likely N-dealkylation sites (tertiary alicyclic amines) is 1. The average Bonchev–Trinajstić information content (AvgIpc) is 3.08. The van der Waals surface area contributed by atoms with Crippen LogP contribution in [0, 0.1) is 0 Å². The van der Waals surface area contributed by atoms with Gasteiger partial charge in [-0.1, -0.05) is 26.0 Å². The number of carbonyl (C=O) groups is 2. The highest BCUT2D eigenvalue weighted by atomic mass is 32.2. The molecule has 0 saturated carbocycles. The van der Waals surface area contributed by atoms with E-state index in [2.05, 4.69) is 0 Å². The largest absolute Gasteiger partial charge is 0.508 e. The number of sulfonamides is 1. The second-order valence-electron chi connectivity index (χ2n) is 7.69. The lowest BCUT2D eigenvalue weighted by Gasteiger charge is -2.25. The topological polar surface area (TPSA) is 124 Å². The lowest BCUT2D eigenvalue weighted by molar-refractivity contribution is -0.140. The van der Waals surface area contributed by atoms with Crippen molar-refractivity contribution in [2.45, 2.75) is 24.8 Å². The molecule has 0 radical (unpaired) electrons. The first-order valence-electron chi connectivity index (χ1n) is 10.8. The molecule has 1 unspecified atom stereocenters. The SMILES string of the molecule is CCN(CC)S(=O)(=O)c1ccc(/C(O)=C2\C(=O)C(=O)N(CCOC)C2c2ccc(O)cc2)cc1. The predicted octanol–water partition coefficient (Wildman–Crippen LogP) is 2.49. The predicted molar refractivity (Wildman–Crippen MR) is 126 cm³/mol. The number of ketones is 1. The van der Waals surface area contributed by atoms with Crippen molar-refractivity contribution in [3.63, 3.8) is 0 Å². The van der Waals surface area contributed by atoms with Crippen LogP contribution in [0.5, 0.6) is 5.75 Å². The van der Waals surface area contributed by atoms with Crippen molar-refractivity contribution in [2.75, 3.05) is 33.4 Å². The summed E-state index contributed by atoms with van der Waals surface area (Å²) in [4.78, 5) is 27.1. The third kappa shape index (κ3) is 4.70. The van der Waals surface area contributed by atoms with E-state index >= 15 is 0 Å². The molecule has 0 spiro atoms. The van der Waals surface area contributed by atoms with Crippen molar-refractivity contribution in [3.8, 4) is 5.75 Å². The van der Waals surface area contributed by atoms with Crippen LogP contribution in [0.15, 0.2) is 59.0 Å². The van der Waals surface area contributed by atoms with Crippen LogP contribution in [0.1, 0.15) is 31.0 Å². The van der Waals surface area contributed by atoms with Gasteiger partial charge in [0.15, 0.2) is 0 Å². The van der Waals surface area contributed by atoms with Crippen LogP contribution in [0.2, 0.25) is 0 Å². The number of benzene rings is 2. The summed E-state index contributed by atoms with van der Waals surface area (Å²) < 4.78 is 31.9. The Hall–Kier alpha value is -3.21. The molecular weight excluding hydrogens is 460 g/mol. The zero-order valence-electron chi connectivity index (χ0n) is 19.3. The van der Waals surface area contributed by atoms with Gasteiger partial charge in [-0.3, -0.25) is 9.59 Å². The lowest BCUT2D eigenvalue weighted by Crippen LogP contribution is -2.32. The number of carbonyl (C=O) groups excluding carboxylic acids is 2. The molecule has 1 fully saturated rings. The lowest BCUT2D eigenvalue weighted by atomic mass is 9.95. The van der Waals surface area contributed by atoms with Crippen LogP contribution in [0.3, 0.4) is 0 Å². The van der Waals surface area contributed by atoms with Crippen LogP contribution < -0.4 is 0 Å². The molecule has 2 aromatic carbocycles. The van der Waals surface area contributed by atoms with Crippen molar-refractivity contribution in [2.24, 2.45) is 0 Å². The number of phenolic OH excluding ortho intramolecular Hbond substituents is 1. The summed E-state index contributed by atoms with van der Waals surface area (Å²) >= 11 is 0. The number of aliphatic hydroxyl groups is 1. The summed E-state index contributed by atoms with van der Waals surface area (Å²) in [5.41, 5.74) is 0.605. The van der Waals surface area contributed by atoms with E-state index in [9.17, 15) is 28.2 Å². The smallest absolute Gasteiger partial charge is 0.295 e. The number of aromatic hydroxyl groups is 1. The summed E-state index contributed by atoms with van der Waals surface area (Å²) in [7, 11) is -2.22. The molecule has 0 aliphatic carbocycles. The highest BCUT2D eigenvalue weighted by Crippen LogP contribution is 2.39. The van der Waals surface area contributed by atoms with E-state index in [1.807, 2.05) is 0 Å². The molecule has 3 rings (SSSR count). The van der Waals surface area contributed by atoms with Gasteiger partial charge in [-0.05, 0) is 42.0 Å². The van der Waals surface area contributed by atoms with Crippen molar-refractivity contribution in [1.29, 1.82) is 0 Å². The zero-order valence-corrected chi connectivity index (χ0v) is 20.1. The maximum Gasteiger partial charge on any atom is 0.295 e. The van der Waals surface area contributed by atoms with Gasteiger partial charge in [0.2, 0.25) is 10.0 Å². The van der Waals surface area contributed by atoms with Gasteiger partial charge in [-0.2, -0.15) is 4.31 Å². The van der Waals surface area contributed by atoms with Gasteiger partial charge >= 0.3 is 0 Å². The third-order valence-electron chi connectivity index (χ3n) is 5.76. The highest BCUT2D eigenvalue weighted by Gasteiger charge is 2.45. The maximum atomic E-state index is 12.9. The van der Waals surface area contributed by atoms with E-state index in [1.54, 1.807) is 26.0 Å². The second-order valence-corrected chi connectivity index (χ2v) is 9.63. The Kier molecular flexibility index (Phi) is 7.75. The summed E-state index contributed by atoms with van der Waals surface area (Å²) in [6.07, 6.45) is 0. The normalized spacial score (nSPS) is 18.1. The number of Topliss-reactive ketones (excluding diaryl/α,β-unsaturated/α-hetero) is 1. The Morgan fingerprint density at radius 2 is 1.62 bits per heavy atom. The minimum absolute atomic E-state index is 0.0163. The van der Waals surface area contributed by atoms with Gasteiger partial charge in [0.05, 0.1) is 23.1 Å². The Bertz CT molecular complexity index is 1180. The molecule has 182 valence electrons. The number of hydrogen-bond donors (Lipinski definition) is 2. The fourth-order valence-electron chi connectivity index (χ4n) is 3.96. The van der Waals surface area contributed by atoms with E-state index in [1.165, 1.54) is 52.7 Å². The first kappa shape index (κ1) is 25.4. The first-order chi connectivity index (χ1) is 16.2. The molecular formula is C24H28N2O7S. The zero-order chi connectivity index (χ0) is 25.0. The number of aliphatic hydroxyl groups excluding tert-OH is 1. The fourth-order valence-corrected chi connectivity index (χ4v) is 5.41. The molecule has 34 heavy (non-hydrogen) atoms. The van der Waals surface area contributed by atoms with Gasteiger partial charge in [0.25, 0.3) is 11.7 Å². The summed E-state index contributed by atoms with van der Waals surface area (Å²) in [6.45, 7) is 4.42. The Morgan fingerprint density at radius 3 is 2.15 bits per heavy atom. The monoisotopic (exact) mass is 488 g/mol. The molecule has 2 aromatic rings. The van der Waals surface area contributed by atoms with E-state index in [-0.39, 0.29) is 34.9 Å². The average molecular weight is 489 g/mol. The van der Waals surface area contributed by atoms with Crippen LogP contribution >= 0.6 is 0 Å². The van der Waals surface area contributed by atoms with Crippen molar-refractivity contribution < 1.29 is 33.0 Å². The molecule has 0 aromatic heterocycles. The minimum atomic E-state index is -3.69. The van der Waals surface area contributed by atoms with E-state index in [0.29, 0.717) is 18.7 Å². The Balaban J connectivity index is 2.09. The molecule has 2 N–H and O–H groups in total. The van der Waals surface area contributed by atoms with Gasteiger partial charge in [-0.15, -0.1) is 0 Å². The van der Waals surface area contributed by atoms with Crippen LogP contribution in [0.25, 0.3) is 5.76 Å². The van der Waals surface area contributed by atoms with Gasteiger partial charge < -0.3 is 19.8 Å². The number of methoxy groups -OCH3 is 1. The number of rotatable bonds is 9. The number of ether oxygens (including phenoxy) is 1. The molecule has 1 aliphatic heterocycles. The molecule has 0 bridgehead atoms. The molecule has 1 atom stereocenters. The molecule has 9 nitrogen and oxygen atoms in total. The summed E-state index contributed by atoms with van der Waals surface area (Å²) in [5, 5.41) is 20.7. The van der Waals surface area contributed by atoms with Crippen molar-refractivity contribution in [1.82, 2.24) is 9.21 Å². The highest BCUT2D eigenvalue weighted by molar-refractivity contribution is 7.89. The van der Waals surface area contributed by atoms with Gasteiger partial charge in [-0.25, -0.2) is 8.42 Å². The molecule has 1 amide bonds. The van der Waals surface area contributed by atoms with Gasteiger partial charge in [0.1, 0.15) is 11.5 Å².